The molecule has 0 N–H and O–H groups in total. The Morgan fingerprint density at radius 3 is 0.943 bits per heavy atom. The van der Waals surface area contributed by atoms with Crippen LogP contribution in [0.1, 0.15) is 96.8 Å². The second kappa shape index (κ2) is 25.5. The molecular weight excluding hydrogens is 586 g/mol. The number of halogens is 7. The van der Waals surface area contributed by atoms with Gasteiger partial charge in [-0.25, -0.2) is 0 Å². The first-order chi connectivity index (χ1) is 16.9. The third-order valence-corrected chi connectivity index (χ3v) is 10.2. The van der Waals surface area contributed by atoms with Gasteiger partial charge in [-0.05, 0) is 18.6 Å². The maximum absolute atomic E-state index is 5.88. The second-order valence-corrected chi connectivity index (χ2v) is 12.4. The smallest absolute Gasteiger partial charge is 0.0693 e. The van der Waals surface area contributed by atoms with Crippen LogP contribution in [0.5, 0.6) is 0 Å². The van der Waals surface area contributed by atoms with Gasteiger partial charge in [-0.2, -0.15) is 0 Å². The lowest BCUT2D eigenvalue weighted by atomic mass is 9.97. The van der Waals surface area contributed by atoms with E-state index in [-0.39, 0.29) is 0 Å². The normalized spacial score (nSPS) is 25.7. The highest BCUT2D eigenvalue weighted by Gasteiger charge is 2.46. The lowest BCUT2D eigenvalue weighted by molar-refractivity contribution is 0.538. The molecule has 1 heterocycles. The molecule has 1 aliphatic carbocycles. The number of aromatic nitrogens is 1. The summed E-state index contributed by atoms with van der Waals surface area (Å²) in [7, 11) is 0. The van der Waals surface area contributed by atoms with E-state index in [0.717, 1.165) is 5.88 Å². The SMILES string of the molecule is CCCCCCCCCCCCCCCCCl.Cl[C@H]1[C@H](Cl)[C@@H](Cl)[C@@H](Cl)[C@H](Cl)[C@H]1Cl.c1ccncc1. The number of alkyl halides is 7. The van der Waals surface area contributed by atoms with E-state index >= 15 is 0 Å². The zero-order valence-electron chi connectivity index (χ0n) is 21.1. The maximum atomic E-state index is 5.88. The quantitative estimate of drug-likeness (QED) is 0.147. The van der Waals surface area contributed by atoms with Crippen molar-refractivity contribution in [3.63, 3.8) is 0 Å². The lowest BCUT2D eigenvalue weighted by Crippen LogP contribution is -2.52. The number of unbranched alkanes of at least 4 members (excludes halogenated alkanes) is 13. The Kier molecular flexibility index (Phi) is 26.3. The number of rotatable bonds is 14. The molecule has 0 saturated heterocycles. The molecule has 8 heteroatoms. The topological polar surface area (TPSA) is 12.9 Å². The molecule has 1 aliphatic rings. The Hall–Kier alpha value is 1.18. The fraction of sp³-hybridized carbons (Fsp3) is 0.815. The van der Waals surface area contributed by atoms with Gasteiger partial charge in [0, 0.05) is 18.3 Å². The molecule has 35 heavy (non-hydrogen) atoms. The predicted octanol–water partition coefficient (Wildman–Crippen LogP) is 11.4. The van der Waals surface area contributed by atoms with Crippen molar-refractivity contribution < 1.29 is 0 Å². The van der Waals surface area contributed by atoms with Gasteiger partial charge in [-0.3, -0.25) is 4.98 Å². The van der Waals surface area contributed by atoms with E-state index in [1.807, 2.05) is 18.2 Å². The lowest BCUT2D eigenvalue weighted by Gasteiger charge is -2.37. The van der Waals surface area contributed by atoms with Gasteiger partial charge >= 0.3 is 0 Å². The summed E-state index contributed by atoms with van der Waals surface area (Å²) in [5, 5.41) is -2.62. The van der Waals surface area contributed by atoms with Crippen LogP contribution in [0.4, 0.5) is 0 Å². The number of nitrogens with zero attached hydrogens (tertiary/aromatic N) is 1. The molecule has 1 nitrogen and oxygen atoms in total. The predicted molar refractivity (Wildman–Crippen MR) is 163 cm³/mol. The molecule has 206 valence electrons. The van der Waals surface area contributed by atoms with Crippen LogP contribution in [0.3, 0.4) is 0 Å². The fourth-order valence-corrected chi connectivity index (χ4v) is 6.17. The summed E-state index contributed by atoms with van der Waals surface area (Å²) in [6, 6.07) is 5.72. The van der Waals surface area contributed by atoms with Crippen LogP contribution in [0.25, 0.3) is 0 Å². The van der Waals surface area contributed by atoms with Gasteiger partial charge in [0.2, 0.25) is 0 Å². The van der Waals surface area contributed by atoms with Gasteiger partial charge in [0.15, 0.2) is 0 Å². The third kappa shape index (κ3) is 19.0. The van der Waals surface area contributed by atoms with E-state index < -0.39 is 32.3 Å². The van der Waals surface area contributed by atoms with Crippen molar-refractivity contribution in [2.75, 3.05) is 5.88 Å². The largest absolute Gasteiger partial charge is 0.265 e. The van der Waals surface area contributed by atoms with Crippen LogP contribution < -0.4 is 0 Å². The highest BCUT2D eigenvalue weighted by atomic mass is 35.5. The Morgan fingerprint density at radius 2 is 0.743 bits per heavy atom. The molecule has 0 atom stereocenters. The summed E-state index contributed by atoms with van der Waals surface area (Å²) in [5.74, 6) is 0.845. The van der Waals surface area contributed by atoms with Crippen LogP contribution in [-0.4, -0.2) is 43.1 Å². The van der Waals surface area contributed by atoms with E-state index in [2.05, 4.69) is 11.9 Å². The van der Waals surface area contributed by atoms with E-state index in [0.29, 0.717) is 0 Å². The van der Waals surface area contributed by atoms with Gasteiger partial charge < -0.3 is 0 Å². The second-order valence-electron chi connectivity index (χ2n) is 8.98. The Bertz CT molecular complexity index is 452. The average molecular weight is 631 g/mol. The van der Waals surface area contributed by atoms with Crippen molar-refractivity contribution in [3.05, 3.63) is 30.6 Å². The highest BCUT2D eigenvalue weighted by molar-refractivity contribution is 6.45. The molecule has 1 aromatic heterocycles. The Labute approximate surface area is 250 Å². The van der Waals surface area contributed by atoms with Crippen LogP contribution in [-0.2, 0) is 0 Å². The molecule has 1 aromatic rings. The zero-order chi connectivity index (χ0) is 26.3. The van der Waals surface area contributed by atoms with Crippen molar-refractivity contribution in [3.8, 4) is 0 Å². The van der Waals surface area contributed by atoms with Crippen molar-refractivity contribution in [2.45, 2.75) is 129 Å². The maximum Gasteiger partial charge on any atom is 0.0693 e. The summed E-state index contributed by atoms with van der Waals surface area (Å²) in [5.41, 5.74) is 0. The summed E-state index contributed by atoms with van der Waals surface area (Å²) < 4.78 is 0. The van der Waals surface area contributed by atoms with E-state index in [1.54, 1.807) is 12.4 Å². The first kappa shape index (κ1) is 36.2. The number of hydrogen-bond acceptors (Lipinski definition) is 1. The summed E-state index contributed by atoms with van der Waals surface area (Å²) in [6.45, 7) is 2.28. The van der Waals surface area contributed by atoms with Crippen molar-refractivity contribution >= 4 is 81.2 Å². The molecule has 0 spiro atoms. The first-order valence-electron chi connectivity index (χ1n) is 13.1. The van der Waals surface area contributed by atoms with Gasteiger partial charge in [0.05, 0.1) is 32.3 Å². The third-order valence-electron chi connectivity index (χ3n) is 5.88. The first-order valence-corrected chi connectivity index (χ1v) is 16.3. The zero-order valence-corrected chi connectivity index (χ0v) is 26.3. The monoisotopic (exact) mass is 627 g/mol. The molecule has 0 unspecified atom stereocenters. The molecule has 2 rings (SSSR count). The average Bonchev–Trinajstić information content (AvgIpc) is 2.89. The Balaban J connectivity index is 0.000000550. The minimum absolute atomic E-state index is 0.437. The minimum Gasteiger partial charge on any atom is -0.265 e. The van der Waals surface area contributed by atoms with Gasteiger partial charge in [-0.1, -0.05) is 96.5 Å². The summed E-state index contributed by atoms with van der Waals surface area (Å²) in [4.78, 5) is 3.78. The van der Waals surface area contributed by atoms with Gasteiger partial charge in [-0.15, -0.1) is 81.2 Å². The summed E-state index contributed by atoms with van der Waals surface area (Å²) in [6.07, 6.45) is 23.3. The standard InChI is InChI=1S/C16H33Cl.C6H6Cl6.C5H5N/c1-2-3-4-5-6-7-8-9-10-11-12-13-14-15-16-17;7-1-2(8)4(10)6(12)5(11)3(1)9;1-2-4-6-5-3-1/h2-16H2,1H3;1-6H;1-5H/t;1-,2-,3-,4+,5+,6+;. The number of pyridine rings is 1. The molecule has 1 saturated carbocycles. The molecule has 1 fully saturated rings. The van der Waals surface area contributed by atoms with Crippen molar-refractivity contribution in [2.24, 2.45) is 0 Å². The number of hydrogen-bond donors (Lipinski definition) is 0. The van der Waals surface area contributed by atoms with Crippen molar-refractivity contribution in [1.29, 1.82) is 0 Å². The molecule has 0 aromatic carbocycles. The van der Waals surface area contributed by atoms with Crippen LogP contribution in [0.2, 0.25) is 0 Å². The molecule has 0 radical (unpaired) electrons. The summed E-state index contributed by atoms with van der Waals surface area (Å²) >= 11 is 40.9. The molecule has 0 amide bonds. The molecule has 0 aliphatic heterocycles. The van der Waals surface area contributed by atoms with Crippen molar-refractivity contribution in [1.82, 2.24) is 4.98 Å². The van der Waals surface area contributed by atoms with Crippen LogP contribution in [0.15, 0.2) is 30.6 Å². The fourth-order valence-electron chi connectivity index (χ4n) is 3.66. The van der Waals surface area contributed by atoms with Gasteiger partial charge in [0.1, 0.15) is 0 Å². The van der Waals surface area contributed by atoms with Gasteiger partial charge in [0.25, 0.3) is 0 Å². The minimum atomic E-state index is -0.437. The van der Waals surface area contributed by atoms with E-state index in [9.17, 15) is 0 Å². The van der Waals surface area contributed by atoms with E-state index in [1.165, 1.54) is 89.9 Å². The molecule has 0 bridgehead atoms. The Morgan fingerprint density at radius 1 is 0.457 bits per heavy atom. The van der Waals surface area contributed by atoms with Crippen LogP contribution >= 0.6 is 81.2 Å². The van der Waals surface area contributed by atoms with E-state index in [4.69, 9.17) is 81.2 Å². The van der Waals surface area contributed by atoms with Crippen LogP contribution in [0, 0.1) is 0 Å². The molecular formula is C27H44Cl7N. The highest BCUT2D eigenvalue weighted by Crippen LogP contribution is 2.39.